The minimum atomic E-state index is -1.03. The van der Waals surface area contributed by atoms with Gasteiger partial charge in [-0.15, -0.1) is 5.48 Å². The molecule has 0 spiro atoms. The molecule has 0 aromatic heterocycles. The molecule has 0 bridgehead atoms. The number of fused-ring (bicyclic) bond motifs is 1. The Morgan fingerprint density at radius 2 is 2.25 bits per heavy atom. The maximum atomic E-state index is 6.03. The highest BCUT2D eigenvalue weighted by atomic mass is 35.5. The highest BCUT2D eigenvalue weighted by Crippen LogP contribution is 2.38. The van der Waals surface area contributed by atoms with Crippen LogP contribution in [0.4, 0.5) is 0 Å². The van der Waals surface area contributed by atoms with Gasteiger partial charge in [0, 0.05) is 7.11 Å². The highest BCUT2D eigenvalue weighted by Gasteiger charge is 2.38. The maximum absolute atomic E-state index is 6.03. The van der Waals surface area contributed by atoms with Gasteiger partial charge in [-0.25, -0.2) is 0 Å². The van der Waals surface area contributed by atoms with Gasteiger partial charge < -0.3 is 9.57 Å². The molecule has 1 atom stereocenters. The Hall–Kier alpha value is -0.770. The second-order valence-electron chi connectivity index (χ2n) is 2.50. The number of ether oxygens (including phenoxy) is 1. The number of hydrogen-bond donors (Lipinski definition) is 1. The van der Waals surface area contributed by atoms with Gasteiger partial charge in [-0.2, -0.15) is 0 Å². The highest BCUT2D eigenvalue weighted by molar-refractivity contribution is 6.23. The third-order valence-corrected chi connectivity index (χ3v) is 2.24. The Labute approximate surface area is 75.2 Å². The first-order valence-corrected chi connectivity index (χ1v) is 3.91. The number of para-hydroxylation sites is 1. The van der Waals surface area contributed by atoms with E-state index in [1.165, 1.54) is 7.11 Å². The van der Waals surface area contributed by atoms with Gasteiger partial charge in [0.25, 0.3) is 5.18 Å². The standard InChI is InChI=1S/C8H8ClNO2/c1-11-8(9)6-4-2-3-5-7(6)12-10-8/h2-5,10H,1H3. The van der Waals surface area contributed by atoms with Gasteiger partial charge in [-0.3, -0.25) is 0 Å². The van der Waals surface area contributed by atoms with Crippen LogP contribution in [0.1, 0.15) is 5.56 Å². The topological polar surface area (TPSA) is 30.5 Å². The number of hydroxylamine groups is 1. The summed E-state index contributed by atoms with van der Waals surface area (Å²) < 4.78 is 5.05. The Bertz CT molecular complexity index is 305. The van der Waals surface area contributed by atoms with Crippen LogP contribution in [0.15, 0.2) is 24.3 Å². The molecule has 0 fully saturated rings. The van der Waals surface area contributed by atoms with Crippen molar-refractivity contribution in [1.29, 1.82) is 0 Å². The molecular weight excluding hydrogens is 178 g/mol. The number of hydrogen-bond acceptors (Lipinski definition) is 3. The van der Waals surface area contributed by atoms with E-state index in [2.05, 4.69) is 5.48 Å². The van der Waals surface area contributed by atoms with Crippen molar-refractivity contribution >= 4 is 11.6 Å². The Morgan fingerprint density at radius 3 is 3.00 bits per heavy atom. The number of nitrogens with one attached hydrogen (secondary N) is 1. The van der Waals surface area contributed by atoms with Crippen molar-refractivity contribution in [2.45, 2.75) is 5.18 Å². The predicted octanol–water partition coefficient (Wildman–Crippen LogP) is 1.58. The molecule has 1 aliphatic rings. The van der Waals surface area contributed by atoms with Gasteiger partial charge in [0.05, 0.1) is 5.56 Å². The van der Waals surface area contributed by atoms with E-state index in [0.717, 1.165) is 5.56 Å². The molecular formula is C8H8ClNO2. The number of rotatable bonds is 1. The third-order valence-electron chi connectivity index (χ3n) is 1.81. The fraction of sp³-hybridized carbons (Fsp3) is 0.250. The number of methoxy groups -OCH3 is 1. The molecule has 0 aliphatic carbocycles. The van der Waals surface area contributed by atoms with E-state index >= 15 is 0 Å². The molecule has 0 amide bonds. The summed E-state index contributed by atoms with van der Waals surface area (Å²) in [5.74, 6) is 0.703. The Kier molecular flexibility index (Phi) is 1.72. The lowest BCUT2D eigenvalue weighted by atomic mass is 10.2. The Balaban J connectivity index is 2.49. The average Bonchev–Trinajstić information content (AvgIpc) is 2.46. The fourth-order valence-electron chi connectivity index (χ4n) is 1.15. The molecule has 1 unspecified atom stereocenters. The molecule has 2 rings (SSSR count). The predicted molar refractivity (Wildman–Crippen MR) is 44.7 cm³/mol. The minimum absolute atomic E-state index is 0.703. The van der Waals surface area contributed by atoms with Crippen molar-refractivity contribution in [3.63, 3.8) is 0 Å². The number of halogens is 1. The molecule has 4 heteroatoms. The maximum Gasteiger partial charge on any atom is 0.257 e. The van der Waals surface area contributed by atoms with E-state index < -0.39 is 5.18 Å². The van der Waals surface area contributed by atoms with E-state index in [9.17, 15) is 0 Å². The van der Waals surface area contributed by atoms with E-state index in [0.29, 0.717) is 5.75 Å². The van der Waals surface area contributed by atoms with Crippen molar-refractivity contribution in [3.8, 4) is 5.75 Å². The quantitative estimate of drug-likeness (QED) is 0.532. The summed E-state index contributed by atoms with van der Waals surface area (Å²) in [6.45, 7) is 0. The van der Waals surface area contributed by atoms with Crippen LogP contribution in [0.5, 0.6) is 5.75 Å². The molecule has 1 aromatic carbocycles. The number of benzene rings is 1. The van der Waals surface area contributed by atoms with Crippen LogP contribution in [0.2, 0.25) is 0 Å². The SMILES string of the molecule is COC1(Cl)NOc2ccccc21. The van der Waals surface area contributed by atoms with Gasteiger partial charge >= 0.3 is 0 Å². The molecule has 0 saturated heterocycles. The van der Waals surface area contributed by atoms with Crippen LogP contribution in [-0.4, -0.2) is 7.11 Å². The summed E-state index contributed by atoms with van der Waals surface area (Å²) in [4.78, 5) is 5.10. The second-order valence-corrected chi connectivity index (χ2v) is 3.03. The van der Waals surface area contributed by atoms with Gasteiger partial charge in [-0.05, 0) is 12.1 Å². The summed E-state index contributed by atoms with van der Waals surface area (Å²) >= 11 is 6.03. The molecule has 1 heterocycles. The first-order chi connectivity index (χ1) is 5.76. The van der Waals surface area contributed by atoms with Crippen LogP contribution >= 0.6 is 11.6 Å². The van der Waals surface area contributed by atoms with Crippen molar-refractivity contribution in [2.75, 3.05) is 7.11 Å². The van der Waals surface area contributed by atoms with Crippen LogP contribution in [0.3, 0.4) is 0 Å². The van der Waals surface area contributed by atoms with Crippen LogP contribution in [0.25, 0.3) is 0 Å². The van der Waals surface area contributed by atoms with Gasteiger partial charge in [0.1, 0.15) is 0 Å². The zero-order valence-corrected chi connectivity index (χ0v) is 7.26. The smallest absolute Gasteiger partial charge is 0.257 e. The monoisotopic (exact) mass is 185 g/mol. The van der Waals surface area contributed by atoms with E-state index in [1.807, 2.05) is 24.3 Å². The fourth-order valence-corrected chi connectivity index (χ4v) is 1.34. The average molecular weight is 186 g/mol. The molecule has 1 aliphatic heterocycles. The second kappa shape index (κ2) is 2.62. The summed E-state index contributed by atoms with van der Waals surface area (Å²) in [6.07, 6.45) is 0. The molecule has 12 heavy (non-hydrogen) atoms. The summed E-state index contributed by atoms with van der Waals surface area (Å²) in [5, 5.41) is -1.03. The van der Waals surface area contributed by atoms with Crippen LogP contribution in [0, 0.1) is 0 Å². The van der Waals surface area contributed by atoms with Gasteiger partial charge in [-0.1, -0.05) is 23.7 Å². The molecule has 3 nitrogen and oxygen atoms in total. The lowest BCUT2D eigenvalue weighted by Gasteiger charge is -2.17. The normalized spacial score (nSPS) is 26.5. The first-order valence-electron chi connectivity index (χ1n) is 3.54. The van der Waals surface area contributed by atoms with E-state index in [4.69, 9.17) is 21.2 Å². The largest absolute Gasteiger partial charge is 0.404 e. The molecule has 64 valence electrons. The summed E-state index contributed by atoms with van der Waals surface area (Å²) in [6, 6.07) is 7.43. The zero-order chi connectivity index (χ0) is 8.60. The van der Waals surface area contributed by atoms with Gasteiger partial charge in [0.2, 0.25) is 0 Å². The first kappa shape index (κ1) is 7.86. The molecule has 0 radical (unpaired) electrons. The van der Waals surface area contributed by atoms with E-state index in [1.54, 1.807) is 0 Å². The Morgan fingerprint density at radius 1 is 1.50 bits per heavy atom. The van der Waals surface area contributed by atoms with Gasteiger partial charge in [0.15, 0.2) is 5.75 Å². The summed E-state index contributed by atoms with van der Waals surface area (Å²) in [7, 11) is 1.52. The summed E-state index contributed by atoms with van der Waals surface area (Å²) in [5.41, 5.74) is 3.39. The lowest BCUT2D eigenvalue weighted by molar-refractivity contribution is -0.0228. The number of alkyl halides is 1. The van der Waals surface area contributed by atoms with Crippen molar-refractivity contribution in [1.82, 2.24) is 5.48 Å². The third kappa shape index (κ3) is 0.982. The molecule has 1 aromatic rings. The van der Waals surface area contributed by atoms with Crippen LogP contribution < -0.4 is 10.3 Å². The minimum Gasteiger partial charge on any atom is -0.404 e. The van der Waals surface area contributed by atoms with Crippen molar-refractivity contribution in [3.05, 3.63) is 29.8 Å². The molecule has 0 saturated carbocycles. The van der Waals surface area contributed by atoms with Crippen LogP contribution in [-0.2, 0) is 9.92 Å². The van der Waals surface area contributed by atoms with Crippen molar-refractivity contribution in [2.24, 2.45) is 0 Å². The zero-order valence-electron chi connectivity index (χ0n) is 6.50. The van der Waals surface area contributed by atoms with E-state index in [-0.39, 0.29) is 0 Å². The van der Waals surface area contributed by atoms with Crippen molar-refractivity contribution < 1.29 is 9.57 Å². The lowest BCUT2D eigenvalue weighted by Crippen LogP contribution is -2.34. The molecule has 1 N–H and O–H groups in total.